The van der Waals surface area contributed by atoms with Crippen molar-refractivity contribution in [3.05, 3.63) is 54.1 Å². The summed E-state index contributed by atoms with van der Waals surface area (Å²) in [5.41, 5.74) is 1.76. The lowest BCUT2D eigenvalue weighted by molar-refractivity contribution is -0.115. The third kappa shape index (κ3) is 7.62. The third-order valence-electron chi connectivity index (χ3n) is 3.96. The van der Waals surface area contributed by atoms with Crippen molar-refractivity contribution in [1.29, 1.82) is 0 Å². The monoisotopic (exact) mass is 414 g/mol. The maximum atomic E-state index is 12.5. The Morgan fingerprint density at radius 2 is 1.76 bits per heavy atom. The van der Waals surface area contributed by atoms with Gasteiger partial charge in [-0.2, -0.15) is 0 Å². The molecule has 2 rings (SSSR count). The molecule has 2 aromatic rings. The van der Waals surface area contributed by atoms with Crippen LogP contribution < -0.4 is 10.6 Å². The van der Waals surface area contributed by atoms with Crippen LogP contribution in [-0.4, -0.2) is 29.6 Å². The zero-order valence-electron chi connectivity index (χ0n) is 16.9. The van der Waals surface area contributed by atoms with Crippen molar-refractivity contribution < 1.29 is 19.1 Å². The lowest BCUT2D eigenvalue weighted by Gasteiger charge is -2.13. The van der Waals surface area contributed by atoms with E-state index in [9.17, 15) is 14.4 Å². The number of rotatable bonds is 9. The van der Waals surface area contributed by atoms with E-state index in [1.165, 1.54) is 18.7 Å². The molecule has 1 atom stereocenters. The van der Waals surface area contributed by atoms with Crippen molar-refractivity contribution >= 4 is 40.9 Å². The van der Waals surface area contributed by atoms with Gasteiger partial charge in [0.1, 0.15) is 0 Å². The molecular formula is C22H26N2O4S. The minimum atomic E-state index is -0.362. The molecule has 29 heavy (non-hydrogen) atoms. The molecule has 0 saturated heterocycles. The molecule has 0 aliphatic carbocycles. The zero-order valence-corrected chi connectivity index (χ0v) is 17.7. The largest absolute Gasteiger partial charge is 0.462 e. The van der Waals surface area contributed by atoms with Crippen LogP contribution in [0.4, 0.5) is 11.4 Å². The van der Waals surface area contributed by atoms with E-state index >= 15 is 0 Å². The Bertz CT molecular complexity index is 852. The van der Waals surface area contributed by atoms with Crippen molar-refractivity contribution in [3.63, 3.8) is 0 Å². The molecule has 0 aromatic heterocycles. The maximum absolute atomic E-state index is 12.5. The fourth-order valence-corrected chi connectivity index (χ4v) is 3.36. The van der Waals surface area contributed by atoms with Gasteiger partial charge >= 0.3 is 5.97 Å². The first-order valence-electron chi connectivity index (χ1n) is 9.51. The summed E-state index contributed by atoms with van der Waals surface area (Å²) in [6.45, 7) is 5.70. The minimum Gasteiger partial charge on any atom is -0.462 e. The first kappa shape index (κ1) is 22.5. The first-order chi connectivity index (χ1) is 13.9. The number of carbonyl (C=O) groups excluding carboxylic acids is 3. The number of amides is 2. The van der Waals surface area contributed by atoms with E-state index in [4.69, 9.17) is 4.74 Å². The van der Waals surface area contributed by atoms with Gasteiger partial charge in [-0.3, -0.25) is 9.59 Å². The van der Waals surface area contributed by atoms with Gasteiger partial charge in [0, 0.05) is 23.2 Å². The molecule has 2 N–H and O–H groups in total. The van der Waals surface area contributed by atoms with Gasteiger partial charge in [0.25, 0.3) is 0 Å². The highest BCUT2D eigenvalue weighted by molar-refractivity contribution is 8.00. The van der Waals surface area contributed by atoms with Crippen LogP contribution in [0.3, 0.4) is 0 Å². The van der Waals surface area contributed by atoms with Gasteiger partial charge in [0.15, 0.2) is 0 Å². The van der Waals surface area contributed by atoms with Crippen LogP contribution in [0, 0.1) is 0 Å². The van der Waals surface area contributed by atoms with E-state index in [1.54, 1.807) is 30.3 Å². The Labute approximate surface area is 175 Å². The number of unbranched alkanes of at least 4 members (excludes halogenated alkanes) is 1. The molecule has 2 amide bonds. The average Bonchev–Trinajstić information content (AvgIpc) is 2.68. The number of ether oxygens (including phenoxy) is 1. The molecule has 0 spiro atoms. The molecule has 6 nitrogen and oxygen atoms in total. The van der Waals surface area contributed by atoms with Crippen LogP contribution in [-0.2, 0) is 14.3 Å². The van der Waals surface area contributed by atoms with Crippen LogP contribution in [0.15, 0.2) is 53.4 Å². The summed E-state index contributed by atoms with van der Waals surface area (Å²) in [4.78, 5) is 36.5. The van der Waals surface area contributed by atoms with Gasteiger partial charge in [-0.1, -0.05) is 19.4 Å². The molecule has 2 aromatic carbocycles. The highest BCUT2D eigenvalue weighted by atomic mass is 32.2. The molecular weight excluding hydrogens is 388 g/mol. The Morgan fingerprint density at radius 1 is 1.03 bits per heavy atom. The van der Waals surface area contributed by atoms with Crippen LogP contribution in [0.25, 0.3) is 0 Å². The fraction of sp³-hybridized carbons (Fsp3) is 0.318. The Morgan fingerprint density at radius 3 is 2.41 bits per heavy atom. The van der Waals surface area contributed by atoms with Gasteiger partial charge in [-0.15, -0.1) is 11.8 Å². The lowest BCUT2D eigenvalue weighted by atomic mass is 10.2. The Kier molecular flexibility index (Phi) is 8.73. The normalized spacial score (nSPS) is 11.4. The summed E-state index contributed by atoms with van der Waals surface area (Å²) in [5.74, 6) is -0.659. The molecule has 0 saturated carbocycles. The first-order valence-corrected chi connectivity index (χ1v) is 10.4. The molecule has 0 aliphatic heterocycles. The van der Waals surface area contributed by atoms with E-state index in [0.717, 1.165) is 17.7 Å². The number of thioether (sulfide) groups is 1. The summed E-state index contributed by atoms with van der Waals surface area (Å²) in [7, 11) is 0. The molecule has 0 bridgehead atoms. The van der Waals surface area contributed by atoms with Gasteiger partial charge in [-0.25, -0.2) is 4.79 Å². The quantitative estimate of drug-likeness (QED) is 0.352. The molecule has 0 aliphatic rings. The predicted molar refractivity (Wildman–Crippen MR) is 116 cm³/mol. The fourth-order valence-electron chi connectivity index (χ4n) is 2.43. The standard InChI is InChI=1S/C22H26N2O4S/c1-4-5-13-28-22(27)17-9-11-18(12-10-17)24-21(26)15(2)29-20-8-6-7-19(14-20)23-16(3)25/h6-12,14-15H,4-5,13H2,1-3H3,(H,23,25)(H,24,26). The van der Waals surface area contributed by atoms with Crippen molar-refractivity contribution in [1.82, 2.24) is 0 Å². The van der Waals surface area contributed by atoms with Gasteiger partial charge in [-0.05, 0) is 55.8 Å². The number of carbonyl (C=O) groups is 3. The minimum absolute atomic E-state index is 0.143. The second-order valence-corrected chi connectivity index (χ2v) is 7.94. The highest BCUT2D eigenvalue weighted by Gasteiger charge is 2.15. The third-order valence-corrected chi connectivity index (χ3v) is 5.05. The van der Waals surface area contributed by atoms with Crippen molar-refractivity contribution in [3.8, 4) is 0 Å². The van der Waals surface area contributed by atoms with Crippen LogP contribution in [0.1, 0.15) is 44.0 Å². The maximum Gasteiger partial charge on any atom is 0.338 e. The van der Waals surface area contributed by atoms with E-state index in [0.29, 0.717) is 23.5 Å². The number of hydrogen-bond acceptors (Lipinski definition) is 5. The van der Waals surface area contributed by atoms with E-state index in [1.807, 2.05) is 32.0 Å². The van der Waals surface area contributed by atoms with Crippen LogP contribution in [0.5, 0.6) is 0 Å². The molecule has 1 unspecified atom stereocenters. The van der Waals surface area contributed by atoms with Gasteiger partial charge < -0.3 is 15.4 Å². The molecule has 0 fully saturated rings. The molecule has 154 valence electrons. The molecule has 0 heterocycles. The zero-order chi connectivity index (χ0) is 21.2. The van der Waals surface area contributed by atoms with Crippen molar-refractivity contribution in [2.24, 2.45) is 0 Å². The summed E-state index contributed by atoms with van der Waals surface area (Å²) < 4.78 is 5.17. The van der Waals surface area contributed by atoms with Crippen molar-refractivity contribution in [2.45, 2.75) is 43.8 Å². The number of hydrogen-bond donors (Lipinski definition) is 2. The smallest absolute Gasteiger partial charge is 0.338 e. The van der Waals surface area contributed by atoms with Gasteiger partial charge in [0.05, 0.1) is 17.4 Å². The summed E-state index contributed by atoms with van der Waals surface area (Å²) in [6, 6.07) is 14.0. The lowest BCUT2D eigenvalue weighted by Crippen LogP contribution is -2.22. The SMILES string of the molecule is CCCCOC(=O)c1ccc(NC(=O)C(C)Sc2cccc(NC(C)=O)c2)cc1. The highest BCUT2D eigenvalue weighted by Crippen LogP contribution is 2.26. The summed E-state index contributed by atoms with van der Waals surface area (Å²) in [6.07, 6.45) is 1.80. The average molecular weight is 415 g/mol. The van der Waals surface area contributed by atoms with Crippen LogP contribution in [0.2, 0.25) is 0 Å². The van der Waals surface area contributed by atoms with E-state index in [-0.39, 0.29) is 23.0 Å². The van der Waals surface area contributed by atoms with Gasteiger partial charge in [0.2, 0.25) is 11.8 Å². The number of benzene rings is 2. The topological polar surface area (TPSA) is 84.5 Å². The van der Waals surface area contributed by atoms with E-state index < -0.39 is 0 Å². The van der Waals surface area contributed by atoms with Crippen LogP contribution >= 0.6 is 11.8 Å². The number of esters is 1. The Hall–Kier alpha value is -2.80. The molecule has 0 radical (unpaired) electrons. The predicted octanol–water partition coefficient (Wildman–Crippen LogP) is 4.72. The summed E-state index contributed by atoms with van der Waals surface area (Å²) in [5, 5.41) is 5.23. The van der Waals surface area contributed by atoms with E-state index in [2.05, 4.69) is 10.6 Å². The second-order valence-electron chi connectivity index (χ2n) is 6.53. The van der Waals surface area contributed by atoms with Crippen molar-refractivity contribution in [2.75, 3.05) is 17.2 Å². The second kappa shape index (κ2) is 11.3. The number of nitrogens with one attached hydrogen (secondary N) is 2. The molecule has 7 heteroatoms. The summed E-state index contributed by atoms with van der Waals surface area (Å²) >= 11 is 1.39. The Balaban J connectivity index is 1.90. The number of anilines is 2.